The van der Waals surface area contributed by atoms with E-state index < -0.39 is 0 Å². The topological polar surface area (TPSA) is 42.4 Å². The van der Waals surface area contributed by atoms with E-state index in [0.717, 1.165) is 17.1 Å². The molecule has 2 unspecified atom stereocenters. The lowest BCUT2D eigenvalue weighted by atomic mass is 10.1. The minimum atomic E-state index is -0.219. The maximum Gasteiger partial charge on any atom is 0.122 e. The van der Waals surface area contributed by atoms with Crippen molar-refractivity contribution in [2.45, 2.75) is 32.0 Å². The smallest absolute Gasteiger partial charge is 0.122 e. The van der Waals surface area contributed by atoms with E-state index in [1.807, 2.05) is 12.3 Å². The molecule has 0 amide bonds. The molecule has 13 heavy (non-hydrogen) atoms. The third-order valence-corrected chi connectivity index (χ3v) is 3.22. The van der Waals surface area contributed by atoms with Gasteiger partial charge in [-0.25, -0.2) is 4.98 Å². The van der Waals surface area contributed by atoms with Crippen molar-refractivity contribution in [3.05, 3.63) is 16.1 Å². The summed E-state index contributed by atoms with van der Waals surface area (Å²) in [6, 6.07) is 0. The van der Waals surface area contributed by atoms with Crippen LogP contribution in [-0.4, -0.2) is 22.8 Å². The van der Waals surface area contributed by atoms with Gasteiger partial charge in [0.05, 0.1) is 6.10 Å². The Labute approximate surface area is 81.4 Å². The molecule has 2 rings (SSSR count). The molecule has 1 aliphatic rings. The average Bonchev–Trinajstić information content (AvgIpc) is 2.52. The lowest BCUT2D eigenvalue weighted by Gasteiger charge is -2.24. The van der Waals surface area contributed by atoms with Gasteiger partial charge < -0.3 is 9.84 Å². The standard InChI is InChI=1S/C9H13NO2S/c1-6-5-13-9(10-6)8-4-7(11)2-3-12-8/h5,7-8,11H,2-4H2,1H3. The van der Waals surface area contributed by atoms with Gasteiger partial charge in [0.15, 0.2) is 0 Å². The molecule has 0 bridgehead atoms. The molecule has 2 heterocycles. The minimum absolute atomic E-state index is 0.0162. The Kier molecular flexibility index (Phi) is 2.62. The first-order chi connectivity index (χ1) is 6.25. The molecule has 1 aromatic heterocycles. The van der Waals surface area contributed by atoms with Crippen LogP contribution >= 0.6 is 11.3 Å². The van der Waals surface area contributed by atoms with E-state index in [4.69, 9.17) is 4.74 Å². The Balaban J connectivity index is 2.08. The third kappa shape index (κ3) is 2.07. The highest BCUT2D eigenvalue weighted by Gasteiger charge is 2.24. The van der Waals surface area contributed by atoms with Gasteiger partial charge >= 0.3 is 0 Å². The molecule has 0 radical (unpaired) electrons. The van der Waals surface area contributed by atoms with E-state index in [0.29, 0.717) is 13.0 Å². The summed E-state index contributed by atoms with van der Waals surface area (Å²) in [5.41, 5.74) is 1.03. The molecular weight excluding hydrogens is 186 g/mol. The van der Waals surface area contributed by atoms with Crippen molar-refractivity contribution in [2.75, 3.05) is 6.61 Å². The fourth-order valence-corrected chi connectivity index (χ4v) is 2.33. The molecule has 2 atom stereocenters. The highest BCUT2D eigenvalue weighted by molar-refractivity contribution is 7.09. The first-order valence-electron chi connectivity index (χ1n) is 4.47. The molecule has 1 saturated heterocycles. The second-order valence-corrected chi connectivity index (χ2v) is 4.25. The van der Waals surface area contributed by atoms with Crippen molar-refractivity contribution in [2.24, 2.45) is 0 Å². The highest BCUT2D eigenvalue weighted by atomic mass is 32.1. The van der Waals surface area contributed by atoms with E-state index in [1.54, 1.807) is 11.3 Å². The van der Waals surface area contributed by atoms with Crippen molar-refractivity contribution in [1.29, 1.82) is 0 Å². The summed E-state index contributed by atoms with van der Waals surface area (Å²) >= 11 is 1.61. The van der Waals surface area contributed by atoms with Crippen LogP contribution < -0.4 is 0 Å². The summed E-state index contributed by atoms with van der Waals surface area (Å²) < 4.78 is 5.54. The van der Waals surface area contributed by atoms with Crippen LogP contribution in [0.15, 0.2) is 5.38 Å². The van der Waals surface area contributed by atoms with Gasteiger partial charge in [0.2, 0.25) is 0 Å². The molecule has 0 aromatic carbocycles. The van der Waals surface area contributed by atoms with Crippen LogP contribution in [0.4, 0.5) is 0 Å². The van der Waals surface area contributed by atoms with Crippen molar-refractivity contribution < 1.29 is 9.84 Å². The van der Waals surface area contributed by atoms with Crippen molar-refractivity contribution in [1.82, 2.24) is 4.98 Å². The van der Waals surface area contributed by atoms with Crippen molar-refractivity contribution in [3.63, 3.8) is 0 Å². The van der Waals surface area contributed by atoms with E-state index in [1.165, 1.54) is 0 Å². The second kappa shape index (κ2) is 3.74. The second-order valence-electron chi connectivity index (χ2n) is 3.36. The van der Waals surface area contributed by atoms with Crippen LogP contribution in [0, 0.1) is 6.92 Å². The summed E-state index contributed by atoms with van der Waals surface area (Å²) in [4.78, 5) is 4.35. The summed E-state index contributed by atoms with van der Waals surface area (Å²) in [5.74, 6) is 0. The molecular formula is C9H13NO2S. The zero-order valence-corrected chi connectivity index (χ0v) is 8.38. The Hall–Kier alpha value is -0.450. The normalized spacial score (nSPS) is 29.1. The number of aliphatic hydroxyl groups excluding tert-OH is 1. The fourth-order valence-electron chi connectivity index (χ4n) is 1.47. The third-order valence-electron chi connectivity index (χ3n) is 2.17. The zero-order chi connectivity index (χ0) is 9.26. The molecule has 0 saturated carbocycles. The van der Waals surface area contributed by atoms with Crippen molar-refractivity contribution in [3.8, 4) is 0 Å². The summed E-state index contributed by atoms with van der Waals surface area (Å²) in [6.07, 6.45) is 1.23. The lowest BCUT2D eigenvalue weighted by Crippen LogP contribution is -2.23. The van der Waals surface area contributed by atoms with Crippen LogP contribution in [0.25, 0.3) is 0 Å². The van der Waals surface area contributed by atoms with E-state index >= 15 is 0 Å². The number of rotatable bonds is 1. The number of aryl methyl sites for hydroxylation is 1. The van der Waals surface area contributed by atoms with Gasteiger partial charge in [0.1, 0.15) is 11.1 Å². The Morgan fingerprint density at radius 2 is 2.54 bits per heavy atom. The summed E-state index contributed by atoms with van der Waals surface area (Å²) in [6.45, 7) is 2.61. The number of hydrogen-bond acceptors (Lipinski definition) is 4. The summed E-state index contributed by atoms with van der Waals surface area (Å²) in [7, 11) is 0. The van der Waals surface area contributed by atoms with Crippen LogP contribution in [0.5, 0.6) is 0 Å². The lowest BCUT2D eigenvalue weighted by molar-refractivity contribution is -0.0448. The van der Waals surface area contributed by atoms with Crippen LogP contribution in [0.1, 0.15) is 29.6 Å². The predicted molar refractivity (Wildman–Crippen MR) is 50.8 cm³/mol. The first kappa shape index (κ1) is 9.12. The Morgan fingerprint density at radius 3 is 3.15 bits per heavy atom. The number of nitrogens with zero attached hydrogens (tertiary/aromatic N) is 1. The van der Waals surface area contributed by atoms with Gasteiger partial charge in [-0.15, -0.1) is 11.3 Å². The highest BCUT2D eigenvalue weighted by Crippen LogP contribution is 2.29. The molecule has 1 aliphatic heterocycles. The van der Waals surface area contributed by atoms with E-state index in [9.17, 15) is 5.11 Å². The average molecular weight is 199 g/mol. The Morgan fingerprint density at radius 1 is 1.69 bits per heavy atom. The van der Waals surface area contributed by atoms with Gasteiger partial charge in [0.25, 0.3) is 0 Å². The van der Waals surface area contributed by atoms with Gasteiger partial charge in [-0.3, -0.25) is 0 Å². The van der Waals surface area contributed by atoms with Gasteiger partial charge in [0, 0.05) is 24.1 Å². The predicted octanol–water partition coefficient (Wildman–Crippen LogP) is 1.66. The van der Waals surface area contributed by atoms with Gasteiger partial charge in [-0.1, -0.05) is 0 Å². The van der Waals surface area contributed by atoms with Gasteiger partial charge in [-0.05, 0) is 13.3 Å². The van der Waals surface area contributed by atoms with Crippen LogP contribution in [-0.2, 0) is 4.74 Å². The molecule has 3 nitrogen and oxygen atoms in total. The number of aliphatic hydroxyl groups is 1. The molecule has 0 spiro atoms. The number of hydrogen-bond donors (Lipinski definition) is 1. The molecule has 0 aliphatic carbocycles. The molecule has 1 N–H and O–H groups in total. The minimum Gasteiger partial charge on any atom is -0.393 e. The zero-order valence-electron chi connectivity index (χ0n) is 7.56. The quantitative estimate of drug-likeness (QED) is 0.748. The summed E-state index contributed by atoms with van der Waals surface area (Å²) in [5, 5.41) is 12.5. The fraction of sp³-hybridized carbons (Fsp3) is 0.667. The van der Waals surface area contributed by atoms with Crippen molar-refractivity contribution >= 4 is 11.3 Å². The van der Waals surface area contributed by atoms with Gasteiger partial charge in [-0.2, -0.15) is 0 Å². The number of ether oxygens (including phenoxy) is 1. The van der Waals surface area contributed by atoms with Crippen LogP contribution in [0.2, 0.25) is 0 Å². The maximum absolute atomic E-state index is 9.44. The SMILES string of the molecule is Cc1csc(C2CC(O)CCO2)n1. The first-order valence-corrected chi connectivity index (χ1v) is 5.35. The largest absolute Gasteiger partial charge is 0.393 e. The van der Waals surface area contributed by atoms with E-state index in [-0.39, 0.29) is 12.2 Å². The molecule has 1 fully saturated rings. The van der Waals surface area contributed by atoms with Crippen LogP contribution in [0.3, 0.4) is 0 Å². The molecule has 4 heteroatoms. The number of aromatic nitrogens is 1. The molecule has 1 aromatic rings. The molecule has 72 valence electrons. The Bertz CT molecular complexity index is 287. The monoisotopic (exact) mass is 199 g/mol. The number of thiazole rings is 1. The van der Waals surface area contributed by atoms with E-state index in [2.05, 4.69) is 4.98 Å². The maximum atomic E-state index is 9.44.